The Labute approximate surface area is 201 Å². The number of rotatable bonds is 7. The molecule has 1 unspecified atom stereocenters. The molecule has 0 saturated carbocycles. The molecule has 8 heteroatoms. The van der Waals surface area contributed by atoms with E-state index in [1.54, 1.807) is 59.9 Å². The van der Waals surface area contributed by atoms with Crippen molar-refractivity contribution in [1.29, 1.82) is 0 Å². The fraction of sp³-hybridized carbons (Fsp3) is 0.500. The van der Waals surface area contributed by atoms with Gasteiger partial charge in [0, 0.05) is 17.0 Å². The molecule has 0 bridgehead atoms. The van der Waals surface area contributed by atoms with Gasteiger partial charge in [-0.2, -0.15) is 0 Å². The number of esters is 2. The SMILES string of the molecule is COC(=O)C1=C(C)NC(C)=C(C(=O)N[C@H](C(=O)OC(C)(C)C)C(C)C)C1c1cccc(OC)c1. The molecule has 0 spiro atoms. The fourth-order valence-electron chi connectivity index (χ4n) is 3.91. The zero-order valence-electron chi connectivity index (χ0n) is 21.5. The second kappa shape index (κ2) is 10.8. The average molecular weight is 473 g/mol. The summed E-state index contributed by atoms with van der Waals surface area (Å²) in [6, 6.07) is 6.31. The van der Waals surface area contributed by atoms with E-state index in [1.807, 2.05) is 19.9 Å². The molecule has 34 heavy (non-hydrogen) atoms. The van der Waals surface area contributed by atoms with Crippen LogP contribution in [0.15, 0.2) is 46.8 Å². The third-order valence-electron chi connectivity index (χ3n) is 5.45. The number of nitrogens with one attached hydrogen (secondary N) is 2. The van der Waals surface area contributed by atoms with Crippen molar-refractivity contribution in [2.45, 2.75) is 66.0 Å². The molecule has 1 aromatic rings. The molecule has 0 aromatic heterocycles. The maximum absolute atomic E-state index is 13.7. The summed E-state index contributed by atoms with van der Waals surface area (Å²) in [5, 5.41) is 5.97. The third-order valence-corrected chi connectivity index (χ3v) is 5.45. The Balaban J connectivity index is 2.56. The van der Waals surface area contributed by atoms with Gasteiger partial charge >= 0.3 is 11.9 Å². The number of ether oxygens (including phenoxy) is 3. The summed E-state index contributed by atoms with van der Waals surface area (Å²) in [7, 11) is 2.85. The highest BCUT2D eigenvalue weighted by atomic mass is 16.6. The van der Waals surface area contributed by atoms with Gasteiger partial charge < -0.3 is 24.8 Å². The van der Waals surface area contributed by atoms with Crippen LogP contribution in [0, 0.1) is 5.92 Å². The van der Waals surface area contributed by atoms with E-state index in [-0.39, 0.29) is 5.92 Å². The lowest BCUT2D eigenvalue weighted by Gasteiger charge is -2.32. The van der Waals surface area contributed by atoms with E-state index in [0.29, 0.717) is 33.9 Å². The Hall–Kier alpha value is -3.29. The van der Waals surface area contributed by atoms with Gasteiger partial charge in [0.25, 0.3) is 5.91 Å². The minimum atomic E-state index is -0.869. The quantitative estimate of drug-likeness (QED) is 0.585. The Morgan fingerprint density at radius 2 is 1.65 bits per heavy atom. The predicted molar refractivity (Wildman–Crippen MR) is 129 cm³/mol. The highest BCUT2D eigenvalue weighted by Crippen LogP contribution is 2.39. The van der Waals surface area contributed by atoms with Crippen LogP contribution in [-0.2, 0) is 23.9 Å². The van der Waals surface area contributed by atoms with Crippen molar-refractivity contribution in [1.82, 2.24) is 10.6 Å². The molecule has 0 aliphatic carbocycles. The van der Waals surface area contributed by atoms with Crippen LogP contribution in [0.1, 0.15) is 59.9 Å². The first-order chi connectivity index (χ1) is 15.8. The fourth-order valence-corrected chi connectivity index (χ4v) is 3.91. The van der Waals surface area contributed by atoms with E-state index >= 15 is 0 Å². The Kier molecular flexibility index (Phi) is 8.53. The molecule has 1 aliphatic rings. The van der Waals surface area contributed by atoms with E-state index in [2.05, 4.69) is 10.6 Å². The van der Waals surface area contributed by atoms with E-state index < -0.39 is 35.4 Å². The molecule has 2 rings (SSSR count). The first kappa shape index (κ1) is 27.0. The molecule has 8 nitrogen and oxygen atoms in total. The third kappa shape index (κ3) is 6.18. The van der Waals surface area contributed by atoms with Gasteiger partial charge in [-0.25, -0.2) is 9.59 Å². The molecule has 2 N–H and O–H groups in total. The van der Waals surface area contributed by atoms with Crippen molar-refractivity contribution in [2.75, 3.05) is 14.2 Å². The van der Waals surface area contributed by atoms with Crippen molar-refractivity contribution in [3.05, 3.63) is 52.4 Å². The molecular formula is C26H36N2O6. The Morgan fingerprint density at radius 1 is 1.03 bits per heavy atom. The van der Waals surface area contributed by atoms with Gasteiger partial charge in [-0.1, -0.05) is 26.0 Å². The van der Waals surface area contributed by atoms with Crippen molar-refractivity contribution in [3.8, 4) is 5.75 Å². The van der Waals surface area contributed by atoms with Gasteiger partial charge in [-0.15, -0.1) is 0 Å². The Bertz CT molecular complexity index is 1020. The van der Waals surface area contributed by atoms with Gasteiger partial charge in [-0.3, -0.25) is 4.79 Å². The average Bonchev–Trinajstić information content (AvgIpc) is 2.74. The number of allylic oxidation sites excluding steroid dienone is 2. The van der Waals surface area contributed by atoms with Crippen LogP contribution < -0.4 is 15.4 Å². The lowest BCUT2D eigenvalue weighted by atomic mass is 9.79. The number of carbonyl (C=O) groups excluding carboxylic acids is 3. The van der Waals surface area contributed by atoms with Crippen molar-refractivity contribution < 1.29 is 28.6 Å². The number of carbonyl (C=O) groups is 3. The number of hydrogen-bond donors (Lipinski definition) is 2. The van der Waals surface area contributed by atoms with E-state index in [9.17, 15) is 14.4 Å². The molecule has 1 aromatic carbocycles. The number of benzene rings is 1. The van der Waals surface area contributed by atoms with Crippen LogP contribution in [0.3, 0.4) is 0 Å². The van der Waals surface area contributed by atoms with E-state index in [1.165, 1.54) is 7.11 Å². The van der Waals surface area contributed by atoms with Crippen molar-refractivity contribution >= 4 is 17.8 Å². The standard InChI is InChI=1S/C26H36N2O6/c1-14(2)22(25(31)34-26(5,6)7)28-23(29)19-15(3)27-16(4)20(24(30)33-9)21(19)17-11-10-12-18(13-17)32-8/h10-14,21-22,27H,1-9H3,(H,28,29)/t21?,22-/m0/s1. The van der Waals surface area contributed by atoms with Gasteiger partial charge in [0.1, 0.15) is 17.4 Å². The Morgan fingerprint density at radius 3 is 2.18 bits per heavy atom. The summed E-state index contributed by atoms with van der Waals surface area (Å²) >= 11 is 0. The first-order valence-electron chi connectivity index (χ1n) is 11.2. The summed E-state index contributed by atoms with van der Waals surface area (Å²) in [5.74, 6) is -1.90. The van der Waals surface area contributed by atoms with E-state index in [4.69, 9.17) is 14.2 Å². The monoisotopic (exact) mass is 472 g/mol. The smallest absolute Gasteiger partial charge is 0.336 e. The van der Waals surface area contributed by atoms with Gasteiger partial charge in [0.15, 0.2) is 0 Å². The maximum atomic E-state index is 13.7. The van der Waals surface area contributed by atoms with Crippen LogP contribution in [0.4, 0.5) is 0 Å². The molecule has 1 aliphatic heterocycles. The van der Waals surface area contributed by atoms with Crippen molar-refractivity contribution in [2.24, 2.45) is 5.92 Å². The molecule has 0 radical (unpaired) electrons. The summed E-state index contributed by atoms with van der Waals surface area (Å²) in [5.41, 5.74) is 1.77. The number of methoxy groups -OCH3 is 2. The van der Waals surface area contributed by atoms with Crippen molar-refractivity contribution in [3.63, 3.8) is 0 Å². The van der Waals surface area contributed by atoms with Gasteiger partial charge in [0.05, 0.1) is 25.7 Å². The van der Waals surface area contributed by atoms with Gasteiger partial charge in [0.2, 0.25) is 0 Å². The minimum absolute atomic E-state index is 0.219. The number of hydrogen-bond acceptors (Lipinski definition) is 7. The second-order valence-electron chi connectivity index (χ2n) is 9.63. The van der Waals surface area contributed by atoms with Crippen LogP contribution in [-0.4, -0.2) is 43.7 Å². The number of amides is 1. The summed E-state index contributed by atoms with van der Waals surface area (Å²) in [4.78, 5) is 39.3. The van der Waals surface area contributed by atoms with Crippen LogP contribution >= 0.6 is 0 Å². The summed E-state index contributed by atoms with van der Waals surface area (Å²) < 4.78 is 15.9. The number of dihydropyridines is 1. The molecule has 0 fully saturated rings. The molecule has 0 saturated heterocycles. The van der Waals surface area contributed by atoms with Gasteiger partial charge in [-0.05, 0) is 58.2 Å². The maximum Gasteiger partial charge on any atom is 0.336 e. The summed E-state index contributed by atoms with van der Waals surface area (Å²) in [6.07, 6.45) is 0. The van der Waals surface area contributed by atoms with E-state index in [0.717, 1.165) is 0 Å². The van der Waals surface area contributed by atoms with Crippen LogP contribution in [0.5, 0.6) is 5.75 Å². The zero-order chi connectivity index (χ0) is 25.8. The molecule has 1 amide bonds. The molecule has 2 atom stereocenters. The molecule has 1 heterocycles. The zero-order valence-corrected chi connectivity index (χ0v) is 21.5. The normalized spacial score (nSPS) is 17.2. The highest BCUT2D eigenvalue weighted by molar-refractivity contribution is 6.03. The van der Waals surface area contributed by atoms with Crippen LogP contribution in [0.25, 0.3) is 0 Å². The molecule has 186 valence electrons. The topological polar surface area (TPSA) is 103 Å². The predicted octanol–water partition coefficient (Wildman–Crippen LogP) is 3.59. The first-order valence-corrected chi connectivity index (χ1v) is 11.2. The lowest BCUT2D eigenvalue weighted by molar-refractivity contribution is -0.159. The van der Waals surface area contributed by atoms with Crippen LogP contribution in [0.2, 0.25) is 0 Å². The largest absolute Gasteiger partial charge is 0.497 e. The second-order valence-corrected chi connectivity index (χ2v) is 9.63. The highest BCUT2D eigenvalue weighted by Gasteiger charge is 2.39. The minimum Gasteiger partial charge on any atom is -0.497 e. The molecular weight excluding hydrogens is 436 g/mol. The summed E-state index contributed by atoms with van der Waals surface area (Å²) in [6.45, 7) is 12.5. The lowest BCUT2D eigenvalue weighted by Crippen LogP contribution is -2.49.